The molecule has 2 rings (SSSR count). The molecule has 0 aromatic carbocycles. The summed E-state index contributed by atoms with van der Waals surface area (Å²) in [5.74, 6) is -1.38. The summed E-state index contributed by atoms with van der Waals surface area (Å²) < 4.78 is 40.5. The molecule has 0 aromatic rings. The third-order valence-corrected chi connectivity index (χ3v) is 5.69. The van der Waals surface area contributed by atoms with Crippen LogP contribution in [0.25, 0.3) is 0 Å². The normalized spacial score (nSPS) is 24.0. The standard InChI is InChI=1S/C21H33F3N2/c1-16-7-8-17(2)20(21(22,23)24)15-19(16)18(9-11-25-3)10-14-26-12-5-4-6-13-26/h7,15,18,20,25H,2,4-6,8-14H2,1,3H3/t18-,20?/m1/s1. The highest BCUT2D eigenvalue weighted by molar-refractivity contribution is 5.38. The zero-order chi connectivity index (χ0) is 19.2. The fourth-order valence-electron chi connectivity index (χ4n) is 4.04. The molecular formula is C21H33F3N2. The number of halogens is 3. The largest absolute Gasteiger partial charge is 0.398 e. The van der Waals surface area contributed by atoms with E-state index in [-0.39, 0.29) is 11.5 Å². The molecule has 0 bridgehead atoms. The van der Waals surface area contributed by atoms with Gasteiger partial charge in [-0.2, -0.15) is 13.2 Å². The summed E-state index contributed by atoms with van der Waals surface area (Å²) in [7, 11) is 1.90. The molecule has 1 aliphatic heterocycles. The van der Waals surface area contributed by atoms with Crippen molar-refractivity contribution in [1.82, 2.24) is 10.2 Å². The number of rotatable bonds is 7. The maximum Gasteiger partial charge on any atom is 0.398 e. The van der Waals surface area contributed by atoms with E-state index in [9.17, 15) is 13.2 Å². The molecule has 2 aliphatic rings. The summed E-state index contributed by atoms with van der Waals surface area (Å²) in [6.45, 7) is 9.67. The number of nitrogens with one attached hydrogen (secondary N) is 1. The summed E-state index contributed by atoms with van der Waals surface area (Å²) in [5.41, 5.74) is 2.10. The van der Waals surface area contributed by atoms with Gasteiger partial charge in [-0.05, 0) is 83.7 Å². The predicted molar refractivity (Wildman–Crippen MR) is 102 cm³/mol. The molecular weight excluding hydrogens is 337 g/mol. The number of hydrogen-bond donors (Lipinski definition) is 1. The highest BCUT2D eigenvalue weighted by atomic mass is 19.4. The molecule has 148 valence electrons. The Morgan fingerprint density at radius 1 is 1.23 bits per heavy atom. The topological polar surface area (TPSA) is 15.3 Å². The first kappa shape index (κ1) is 21.2. The van der Waals surface area contributed by atoms with E-state index in [1.54, 1.807) is 0 Å². The van der Waals surface area contributed by atoms with Gasteiger partial charge in [0.15, 0.2) is 0 Å². The van der Waals surface area contributed by atoms with E-state index in [0.717, 1.165) is 50.2 Å². The number of piperidine rings is 1. The summed E-state index contributed by atoms with van der Waals surface area (Å²) >= 11 is 0. The highest BCUT2D eigenvalue weighted by Gasteiger charge is 2.41. The second-order valence-corrected chi connectivity index (χ2v) is 7.67. The Morgan fingerprint density at radius 3 is 2.54 bits per heavy atom. The molecule has 2 nitrogen and oxygen atoms in total. The SMILES string of the molecule is C=C1CC=C(C)C([C@H](CCNC)CCN2CCCCC2)=CC1C(F)(F)F. The van der Waals surface area contributed by atoms with Crippen LogP contribution in [0.2, 0.25) is 0 Å². The summed E-state index contributed by atoms with van der Waals surface area (Å²) in [5, 5.41) is 3.16. The van der Waals surface area contributed by atoms with Crippen LogP contribution in [-0.4, -0.2) is 44.3 Å². The van der Waals surface area contributed by atoms with Crippen LogP contribution in [0.4, 0.5) is 13.2 Å². The number of likely N-dealkylation sites (tertiary alicyclic amines) is 1. The van der Waals surface area contributed by atoms with E-state index in [4.69, 9.17) is 0 Å². The zero-order valence-corrected chi connectivity index (χ0v) is 16.2. The molecule has 1 N–H and O–H groups in total. The third-order valence-electron chi connectivity index (χ3n) is 5.69. The minimum atomic E-state index is -4.26. The van der Waals surface area contributed by atoms with Crippen LogP contribution < -0.4 is 5.32 Å². The van der Waals surface area contributed by atoms with Gasteiger partial charge in [0, 0.05) is 0 Å². The van der Waals surface area contributed by atoms with Crippen molar-refractivity contribution < 1.29 is 13.2 Å². The van der Waals surface area contributed by atoms with Gasteiger partial charge in [-0.1, -0.05) is 36.3 Å². The maximum atomic E-state index is 13.5. The number of alkyl halides is 3. The van der Waals surface area contributed by atoms with Crippen LogP contribution in [0, 0.1) is 11.8 Å². The fraction of sp³-hybridized carbons (Fsp3) is 0.714. The smallest absolute Gasteiger partial charge is 0.320 e. The van der Waals surface area contributed by atoms with Gasteiger partial charge in [-0.15, -0.1) is 0 Å². The van der Waals surface area contributed by atoms with E-state index in [1.807, 2.05) is 20.0 Å². The van der Waals surface area contributed by atoms with Crippen molar-refractivity contribution in [3.63, 3.8) is 0 Å². The van der Waals surface area contributed by atoms with Gasteiger partial charge in [0.1, 0.15) is 0 Å². The molecule has 0 radical (unpaired) electrons. The van der Waals surface area contributed by atoms with Gasteiger partial charge in [0.25, 0.3) is 0 Å². The van der Waals surface area contributed by atoms with Gasteiger partial charge in [0.2, 0.25) is 0 Å². The zero-order valence-electron chi connectivity index (χ0n) is 16.2. The number of hydrogen-bond acceptors (Lipinski definition) is 2. The number of allylic oxidation sites excluding steroid dienone is 5. The van der Waals surface area contributed by atoms with E-state index in [1.165, 1.54) is 25.3 Å². The van der Waals surface area contributed by atoms with Crippen LogP contribution in [0.15, 0.2) is 35.5 Å². The Labute approximate surface area is 156 Å². The molecule has 1 aliphatic carbocycles. The van der Waals surface area contributed by atoms with Gasteiger partial charge in [0.05, 0.1) is 5.92 Å². The molecule has 0 aromatic heterocycles. The molecule has 0 amide bonds. The first-order valence-electron chi connectivity index (χ1n) is 9.83. The lowest BCUT2D eigenvalue weighted by Gasteiger charge is -2.30. The molecule has 2 atom stereocenters. The molecule has 0 saturated carbocycles. The van der Waals surface area contributed by atoms with Crippen molar-refractivity contribution in [2.24, 2.45) is 11.8 Å². The predicted octanol–water partition coefficient (Wildman–Crippen LogP) is 5.10. The van der Waals surface area contributed by atoms with E-state index in [2.05, 4.69) is 16.8 Å². The van der Waals surface area contributed by atoms with E-state index in [0.29, 0.717) is 6.42 Å². The van der Waals surface area contributed by atoms with Gasteiger partial charge >= 0.3 is 6.18 Å². The molecule has 1 fully saturated rings. The first-order chi connectivity index (χ1) is 12.3. The number of nitrogens with zero attached hydrogens (tertiary/aromatic N) is 1. The fourth-order valence-corrected chi connectivity index (χ4v) is 4.04. The van der Waals surface area contributed by atoms with Crippen LogP contribution >= 0.6 is 0 Å². The summed E-state index contributed by atoms with van der Waals surface area (Å²) in [6, 6.07) is 0. The Hall–Kier alpha value is -1.07. The molecule has 1 heterocycles. The van der Waals surface area contributed by atoms with Crippen molar-refractivity contribution in [2.45, 2.75) is 51.6 Å². The van der Waals surface area contributed by atoms with E-state index >= 15 is 0 Å². The first-order valence-corrected chi connectivity index (χ1v) is 9.83. The van der Waals surface area contributed by atoms with Crippen molar-refractivity contribution in [3.05, 3.63) is 35.5 Å². The Morgan fingerprint density at radius 2 is 1.92 bits per heavy atom. The van der Waals surface area contributed by atoms with E-state index < -0.39 is 12.1 Å². The lowest BCUT2D eigenvalue weighted by Crippen LogP contribution is -2.32. The highest BCUT2D eigenvalue weighted by Crippen LogP contribution is 2.40. The molecule has 1 saturated heterocycles. The van der Waals surface area contributed by atoms with Crippen LogP contribution in [0.3, 0.4) is 0 Å². The molecule has 26 heavy (non-hydrogen) atoms. The summed E-state index contributed by atoms with van der Waals surface area (Å²) in [6.07, 6.45) is 4.96. The van der Waals surface area contributed by atoms with Crippen LogP contribution in [0.1, 0.15) is 45.4 Å². The average molecular weight is 371 g/mol. The Balaban J connectivity index is 2.19. The lowest BCUT2D eigenvalue weighted by molar-refractivity contribution is -0.151. The summed E-state index contributed by atoms with van der Waals surface area (Å²) in [4.78, 5) is 2.46. The van der Waals surface area contributed by atoms with Crippen molar-refractivity contribution in [2.75, 3.05) is 33.2 Å². The third kappa shape index (κ3) is 5.98. The lowest BCUT2D eigenvalue weighted by atomic mass is 9.85. The quantitative estimate of drug-likeness (QED) is 0.627. The van der Waals surface area contributed by atoms with Crippen LogP contribution in [-0.2, 0) is 0 Å². The monoisotopic (exact) mass is 370 g/mol. The second-order valence-electron chi connectivity index (χ2n) is 7.67. The molecule has 0 spiro atoms. The minimum Gasteiger partial charge on any atom is -0.320 e. The van der Waals surface area contributed by atoms with Crippen molar-refractivity contribution >= 4 is 0 Å². The molecule has 5 heteroatoms. The Bertz CT molecular complexity index is 528. The van der Waals surface area contributed by atoms with Gasteiger partial charge in [-0.3, -0.25) is 0 Å². The molecule has 1 unspecified atom stereocenters. The maximum absolute atomic E-state index is 13.5. The average Bonchev–Trinajstić information content (AvgIpc) is 2.75. The van der Waals surface area contributed by atoms with Crippen molar-refractivity contribution in [3.8, 4) is 0 Å². The van der Waals surface area contributed by atoms with Gasteiger partial charge in [-0.25, -0.2) is 0 Å². The Kier molecular flexibility index (Phi) is 7.96. The second kappa shape index (κ2) is 9.75. The van der Waals surface area contributed by atoms with Gasteiger partial charge < -0.3 is 10.2 Å². The minimum absolute atomic E-state index is 0.149. The van der Waals surface area contributed by atoms with Crippen molar-refractivity contribution in [1.29, 1.82) is 0 Å². The van der Waals surface area contributed by atoms with Crippen LogP contribution in [0.5, 0.6) is 0 Å².